The molecule has 0 unspecified atom stereocenters. The standard InChI is InChI=1S/C15H16N4O3S2/c20-14(10-3-4-10)18-15-17-12-5-7-19(9-13(12)23-15)24(21,22)11-2-1-6-16-8-11/h1-2,6,8,10H,3-5,7,9H2,(H,17,18,20). The maximum atomic E-state index is 12.7. The fraction of sp³-hybridized carbons (Fsp3) is 0.400. The highest BCUT2D eigenvalue weighted by atomic mass is 32.2. The van der Waals surface area contributed by atoms with Crippen LogP contribution in [-0.2, 0) is 27.8 Å². The van der Waals surface area contributed by atoms with Crippen molar-refractivity contribution in [3.05, 3.63) is 35.1 Å². The topological polar surface area (TPSA) is 92.3 Å². The zero-order chi connectivity index (χ0) is 16.7. The van der Waals surface area contributed by atoms with Crippen molar-refractivity contribution in [2.75, 3.05) is 11.9 Å². The fourth-order valence-corrected chi connectivity index (χ4v) is 5.11. The van der Waals surface area contributed by atoms with Gasteiger partial charge in [-0.3, -0.25) is 9.78 Å². The van der Waals surface area contributed by atoms with Gasteiger partial charge in [0.2, 0.25) is 15.9 Å². The van der Waals surface area contributed by atoms with Crippen molar-refractivity contribution in [1.82, 2.24) is 14.3 Å². The Kier molecular flexibility index (Phi) is 3.86. The Morgan fingerprint density at radius 3 is 2.92 bits per heavy atom. The van der Waals surface area contributed by atoms with Gasteiger partial charge in [0.25, 0.3) is 0 Å². The molecule has 24 heavy (non-hydrogen) atoms. The highest BCUT2D eigenvalue weighted by Gasteiger charge is 2.32. The largest absolute Gasteiger partial charge is 0.302 e. The summed E-state index contributed by atoms with van der Waals surface area (Å²) in [5, 5.41) is 3.40. The molecule has 0 aromatic carbocycles. The summed E-state index contributed by atoms with van der Waals surface area (Å²) < 4.78 is 26.8. The van der Waals surface area contributed by atoms with E-state index in [1.807, 2.05) is 0 Å². The average molecular weight is 364 g/mol. The minimum atomic E-state index is -3.56. The second-order valence-corrected chi connectivity index (χ2v) is 8.95. The number of carbonyl (C=O) groups excluding carboxylic acids is 1. The number of nitrogens with zero attached hydrogens (tertiary/aromatic N) is 3. The summed E-state index contributed by atoms with van der Waals surface area (Å²) >= 11 is 1.36. The van der Waals surface area contributed by atoms with Gasteiger partial charge >= 0.3 is 0 Å². The first-order valence-corrected chi connectivity index (χ1v) is 9.99. The lowest BCUT2D eigenvalue weighted by Gasteiger charge is -2.25. The SMILES string of the molecule is O=C(Nc1nc2c(s1)CN(S(=O)(=O)c1cccnc1)CC2)C1CC1. The van der Waals surface area contributed by atoms with Crippen LogP contribution in [0, 0.1) is 5.92 Å². The number of carbonyl (C=O) groups is 1. The van der Waals surface area contributed by atoms with E-state index in [0.717, 1.165) is 23.4 Å². The molecule has 0 atom stereocenters. The summed E-state index contributed by atoms with van der Waals surface area (Å²) in [5.74, 6) is 0.134. The third-order valence-corrected chi connectivity index (χ3v) is 6.97. The van der Waals surface area contributed by atoms with Crippen LogP contribution in [0.4, 0.5) is 5.13 Å². The number of hydrogen-bond donors (Lipinski definition) is 1. The number of rotatable bonds is 4. The molecule has 2 aromatic rings. The molecule has 9 heteroatoms. The number of thiazole rings is 1. The van der Waals surface area contributed by atoms with E-state index < -0.39 is 10.0 Å². The third kappa shape index (κ3) is 2.94. The van der Waals surface area contributed by atoms with Gasteiger partial charge in [-0.25, -0.2) is 13.4 Å². The lowest BCUT2D eigenvalue weighted by molar-refractivity contribution is -0.117. The van der Waals surface area contributed by atoms with Crippen molar-refractivity contribution in [3.8, 4) is 0 Å². The van der Waals surface area contributed by atoms with Crippen LogP contribution in [0.25, 0.3) is 0 Å². The Labute approximate surface area is 143 Å². The maximum absolute atomic E-state index is 12.7. The van der Waals surface area contributed by atoms with Crippen molar-refractivity contribution in [3.63, 3.8) is 0 Å². The molecule has 0 spiro atoms. The first kappa shape index (κ1) is 15.7. The molecule has 126 valence electrons. The van der Waals surface area contributed by atoms with Crippen LogP contribution in [0.5, 0.6) is 0 Å². The molecule has 2 aromatic heterocycles. The molecule has 1 saturated carbocycles. The van der Waals surface area contributed by atoms with Gasteiger partial charge in [0.1, 0.15) is 4.90 Å². The van der Waals surface area contributed by atoms with Crippen molar-refractivity contribution in [2.24, 2.45) is 5.92 Å². The van der Waals surface area contributed by atoms with E-state index in [9.17, 15) is 13.2 Å². The molecule has 7 nitrogen and oxygen atoms in total. The molecule has 2 aliphatic rings. The first-order chi connectivity index (χ1) is 11.5. The van der Waals surface area contributed by atoms with Gasteiger partial charge in [-0.15, -0.1) is 11.3 Å². The van der Waals surface area contributed by atoms with Crippen LogP contribution in [0.15, 0.2) is 29.4 Å². The molecular formula is C15H16N4O3S2. The van der Waals surface area contributed by atoms with Crippen LogP contribution < -0.4 is 5.32 Å². The molecule has 0 radical (unpaired) electrons. The maximum Gasteiger partial charge on any atom is 0.244 e. The van der Waals surface area contributed by atoms with Gasteiger partial charge < -0.3 is 5.32 Å². The Hall–Kier alpha value is -1.84. The number of fused-ring (bicyclic) bond motifs is 1. The van der Waals surface area contributed by atoms with Crippen LogP contribution >= 0.6 is 11.3 Å². The zero-order valence-electron chi connectivity index (χ0n) is 12.8. The number of nitrogens with one attached hydrogen (secondary N) is 1. The first-order valence-electron chi connectivity index (χ1n) is 7.73. The van der Waals surface area contributed by atoms with Crippen LogP contribution in [-0.4, -0.2) is 35.1 Å². The second-order valence-electron chi connectivity index (χ2n) is 5.93. The van der Waals surface area contributed by atoms with Gasteiger partial charge in [-0.1, -0.05) is 0 Å². The van der Waals surface area contributed by atoms with E-state index in [1.165, 1.54) is 21.8 Å². The summed E-state index contributed by atoms with van der Waals surface area (Å²) in [6.45, 7) is 0.660. The normalized spacial score (nSPS) is 18.2. The smallest absolute Gasteiger partial charge is 0.244 e. The molecule has 1 aliphatic carbocycles. The van der Waals surface area contributed by atoms with Crippen LogP contribution in [0.2, 0.25) is 0 Å². The highest BCUT2D eigenvalue weighted by Crippen LogP contribution is 2.33. The zero-order valence-corrected chi connectivity index (χ0v) is 14.4. The van der Waals surface area contributed by atoms with E-state index in [-0.39, 0.29) is 23.3 Å². The van der Waals surface area contributed by atoms with Gasteiger partial charge in [-0.2, -0.15) is 4.31 Å². The predicted octanol–water partition coefficient (Wildman–Crippen LogP) is 1.63. The molecule has 1 amide bonds. The summed E-state index contributed by atoms with van der Waals surface area (Å²) in [4.78, 5) is 21.3. The number of amides is 1. The van der Waals surface area contributed by atoms with Gasteiger partial charge in [0.05, 0.1) is 12.2 Å². The Balaban J connectivity index is 1.53. The number of hydrogen-bond acceptors (Lipinski definition) is 6. The van der Waals surface area contributed by atoms with E-state index in [4.69, 9.17) is 0 Å². The predicted molar refractivity (Wildman–Crippen MR) is 89.0 cm³/mol. The molecule has 1 N–H and O–H groups in total. The second kappa shape index (κ2) is 5.91. The van der Waals surface area contributed by atoms with E-state index >= 15 is 0 Å². The van der Waals surface area contributed by atoms with Crippen molar-refractivity contribution in [1.29, 1.82) is 0 Å². The highest BCUT2D eigenvalue weighted by molar-refractivity contribution is 7.89. The molecule has 1 aliphatic heterocycles. The molecule has 0 saturated heterocycles. The number of anilines is 1. The molecule has 1 fully saturated rings. The molecule has 3 heterocycles. The van der Waals surface area contributed by atoms with Crippen LogP contribution in [0.1, 0.15) is 23.4 Å². The lowest BCUT2D eigenvalue weighted by atomic mass is 10.2. The summed E-state index contributed by atoms with van der Waals surface area (Å²) in [6.07, 6.45) is 5.33. The van der Waals surface area contributed by atoms with E-state index in [0.29, 0.717) is 18.1 Å². The summed E-state index contributed by atoms with van der Waals surface area (Å²) in [6, 6.07) is 3.16. The van der Waals surface area contributed by atoms with Crippen molar-refractivity contribution in [2.45, 2.75) is 30.7 Å². The van der Waals surface area contributed by atoms with Gasteiger partial charge in [-0.05, 0) is 25.0 Å². The lowest BCUT2D eigenvalue weighted by Crippen LogP contribution is -2.35. The average Bonchev–Trinajstić information content (AvgIpc) is 3.36. The Morgan fingerprint density at radius 2 is 2.21 bits per heavy atom. The fourth-order valence-electron chi connectivity index (χ4n) is 2.63. The molecule has 0 bridgehead atoms. The Bertz CT molecular complexity index is 875. The summed E-state index contributed by atoms with van der Waals surface area (Å²) in [5.41, 5.74) is 0.878. The van der Waals surface area contributed by atoms with Gasteiger partial charge in [0, 0.05) is 36.2 Å². The minimum absolute atomic E-state index is 0.0148. The quantitative estimate of drug-likeness (QED) is 0.890. The monoisotopic (exact) mass is 364 g/mol. The summed E-state index contributed by atoms with van der Waals surface area (Å²) in [7, 11) is -3.56. The van der Waals surface area contributed by atoms with E-state index in [2.05, 4.69) is 15.3 Å². The number of aromatic nitrogens is 2. The van der Waals surface area contributed by atoms with Crippen molar-refractivity contribution >= 4 is 32.4 Å². The number of sulfonamides is 1. The van der Waals surface area contributed by atoms with E-state index in [1.54, 1.807) is 18.3 Å². The molecule has 4 rings (SSSR count). The van der Waals surface area contributed by atoms with Gasteiger partial charge in [0.15, 0.2) is 5.13 Å². The third-order valence-electron chi connectivity index (χ3n) is 4.15. The molecular weight excluding hydrogens is 348 g/mol. The number of pyridine rings is 1. The van der Waals surface area contributed by atoms with Crippen LogP contribution in [0.3, 0.4) is 0 Å². The van der Waals surface area contributed by atoms with Crippen molar-refractivity contribution < 1.29 is 13.2 Å². The Morgan fingerprint density at radius 1 is 1.38 bits per heavy atom. The minimum Gasteiger partial charge on any atom is -0.302 e.